The van der Waals surface area contributed by atoms with Gasteiger partial charge in [0.25, 0.3) is 0 Å². The van der Waals surface area contributed by atoms with Gasteiger partial charge < -0.3 is 10.2 Å². The Morgan fingerprint density at radius 2 is 1.69 bits per heavy atom. The summed E-state index contributed by atoms with van der Waals surface area (Å²) in [7, 11) is 0. The van der Waals surface area contributed by atoms with E-state index in [1.807, 2.05) is 18.2 Å². The number of aliphatic hydroxyl groups excluding tert-OH is 1. The Morgan fingerprint density at radius 3 is 2.38 bits per heavy atom. The van der Waals surface area contributed by atoms with Crippen molar-refractivity contribution in [2.24, 2.45) is 11.8 Å². The van der Waals surface area contributed by atoms with Gasteiger partial charge in [0.05, 0.1) is 6.10 Å². The Bertz CT molecular complexity index is 446. The molecule has 1 fully saturated rings. The predicted molar refractivity (Wildman–Crippen MR) is 109 cm³/mol. The van der Waals surface area contributed by atoms with Crippen molar-refractivity contribution in [3.63, 3.8) is 0 Å². The van der Waals surface area contributed by atoms with Crippen LogP contribution in [0.4, 0.5) is 0 Å². The van der Waals surface area contributed by atoms with Crippen LogP contribution in [0.5, 0.6) is 0 Å². The molecule has 0 radical (unpaired) electrons. The zero-order valence-electron chi connectivity index (χ0n) is 16.5. The van der Waals surface area contributed by atoms with E-state index in [4.69, 9.17) is 5.11 Å². The van der Waals surface area contributed by atoms with E-state index in [0.717, 1.165) is 18.8 Å². The number of carboxylic acids is 1. The second-order valence-electron chi connectivity index (χ2n) is 7.49. The molecule has 148 valence electrons. The second kappa shape index (κ2) is 14.8. The molecule has 0 heterocycles. The topological polar surface area (TPSA) is 57.5 Å². The van der Waals surface area contributed by atoms with Gasteiger partial charge in [0.15, 0.2) is 0 Å². The van der Waals surface area contributed by atoms with E-state index < -0.39 is 12.1 Å². The van der Waals surface area contributed by atoms with Crippen molar-refractivity contribution in [1.82, 2.24) is 0 Å². The molecule has 0 saturated heterocycles. The van der Waals surface area contributed by atoms with Crippen LogP contribution in [0.2, 0.25) is 0 Å². The molecule has 26 heavy (non-hydrogen) atoms. The van der Waals surface area contributed by atoms with Gasteiger partial charge in [-0.3, -0.25) is 4.79 Å². The van der Waals surface area contributed by atoms with Crippen molar-refractivity contribution < 1.29 is 15.0 Å². The molecular weight excluding hydrogens is 324 g/mol. The van der Waals surface area contributed by atoms with Gasteiger partial charge in [-0.25, -0.2) is 0 Å². The lowest BCUT2D eigenvalue weighted by Crippen LogP contribution is -2.04. The molecule has 0 bridgehead atoms. The molecule has 1 aliphatic carbocycles. The lowest BCUT2D eigenvalue weighted by Gasteiger charge is -2.11. The Labute approximate surface area is 159 Å². The number of aliphatic carboxylic acids is 1. The summed E-state index contributed by atoms with van der Waals surface area (Å²) < 4.78 is 0. The van der Waals surface area contributed by atoms with Crippen LogP contribution in [0.25, 0.3) is 0 Å². The molecular formula is C23H38O3. The van der Waals surface area contributed by atoms with Gasteiger partial charge in [0.1, 0.15) is 0 Å². The maximum atomic E-state index is 10.4. The standard InChI is InChI=1S/C23H38O3/c1-2-3-4-5-6-7-10-13-20(21-16-17-21)18-19-22(24)14-11-8-9-12-15-23(25)26/h6-8,11,18-22,24H,2-5,9-10,12-17H2,1H3,(H,25,26)/b7-6-,11-8-,19-18+/t20-,22+/m1/s1. The maximum absolute atomic E-state index is 10.4. The smallest absolute Gasteiger partial charge is 0.303 e. The third kappa shape index (κ3) is 12.9. The molecule has 0 spiro atoms. The summed E-state index contributed by atoms with van der Waals surface area (Å²) in [6.07, 6.45) is 24.7. The van der Waals surface area contributed by atoms with Crippen molar-refractivity contribution in [3.05, 3.63) is 36.5 Å². The van der Waals surface area contributed by atoms with E-state index in [1.165, 1.54) is 44.9 Å². The molecule has 3 nitrogen and oxygen atoms in total. The first kappa shape index (κ1) is 22.7. The van der Waals surface area contributed by atoms with Crippen LogP contribution in [0.3, 0.4) is 0 Å². The zero-order valence-corrected chi connectivity index (χ0v) is 16.5. The number of carboxylic acid groups (broad SMARTS) is 1. The molecule has 0 aromatic carbocycles. The van der Waals surface area contributed by atoms with Crippen molar-refractivity contribution in [2.75, 3.05) is 0 Å². The summed E-state index contributed by atoms with van der Waals surface area (Å²) in [4.78, 5) is 10.4. The van der Waals surface area contributed by atoms with Crippen LogP contribution in [-0.4, -0.2) is 22.3 Å². The zero-order chi connectivity index (χ0) is 19.0. The van der Waals surface area contributed by atoms with E-state index in [1.54, 1.807) is 0 Å². The van der Waals surface area contributed by atoms with Crippen LogP contribution in [-0.2, 0) is 4.79 Å². The van der Waals surface area contributed by atoms with E-state index >= 15 is 0 Å². The number of aliphatic hydroxyl groups is 1. The fraction of sp³-hybridized carbons (Fsp3) is 0.696. The molecule has 2 atom stereocenters. The molecule has 1 rings (SSSR count). The van der Waals surface area contributed by atoms with E-state index in [0.29, 0.717) is 18.8 Å². The highest BCUT2D eigenvalue weighted by Gasteiger charge is 2.28. The van der Waals surface area contributed by atoms with Gasteiger partial charge in [0.2, 0.25) is 0 Å². The highest BCUT2D eigenvalue weighted by Crippen LogP contribution is 2.40. The van der Waals surface area contributed by atoms with Crippen LogP contribution in [0, 0.1) is 11.8 Å². The molecule has 0 unspecified atom stereocenters. The highest BCUT2D eigenvalue weighted by molar-refractivity contribution is 5.66. The summed E-state index contributed by atoms with van der Waals surface area (Å²) in [6, 6.07) is 0. The Morgan fingerprint density at radius 1 is 1.00 bits per heavy atom. The van der Waals surface area contributed by atoms with E-state index in [9.17, 15) is 9.90 Å². The Kier molecular flexibility index (Phi) is 12.9. The first-order valence-corrected chi connectivity index (χ1v) is 10.5. The van der Waals surface area contributed by atoms with E-state index in [-0.39, 0.29) is 6.42 Å². The fourth-order valence-electron chi connectivity index (χ4n) is 3.12. The van der Waals surface area contributed by atoms with Gasteiger partial charge in [-0.05, 0) is 69.6 Å². The first-order valence-electron chi connectivity index (χ1n) is 10.5. The Hall–Kier alpha value is -1.35. The van der Waals surface area contributed by atoms with Crippen LogP contribution in [0.1, 0.15) is 84.0 Å². The monoisotopic (exact) mass is 362 g/mol. The van der Waals surface area contributed by atoms with Gasteiger partial charge in [-0.1, -0.05) is 56.2 Å². The molecule has 1 aliphatic rings. The van der Waals surface area contributed by atoms with Crippen LogP contribution < -0.4 is 0 Å². The largest absolute Gasteiger partial charge is 0.481 e. The highest BCUT2D eigenvalue weighted by atomic mass is 16.4. The molecule has 0 amide bonds. The number of carbonyl (C=O) groups is 1. The molecule has 0 aromatic heterocycles. The minimum absolute atomic E-state index is 0.211. The van der Waals surface area contributed by atoms with Crippen LogP contribution >= 0.6 is 0 Å². The minimum atomic E-state index is -0.747. The van der Waals surface area contributed by atoms with E-state index in [2.05, 4.69) is 25.2 Å². The van der Waals surface area contributed by atoms with Gasteiger partial charge >= 0.3 is 5.97 Å². The third-order valence-electron chi connectivity index (χ3n) is 4.92. The van der Waals surface area contributed by atoms with Gasteiger partial charge in [-0.2, -0.15) is 0 Å². The SMILES string of the molecule is CCCCC/C=C\CC[C@H](/C=C/[C@@H](O)C/C=C\CCCC(=O)O)C1CC1. The molecule has 0 aromatic rings. The summed E-state index contributed by atoms with van der Waals surface area (Å²) in [6.45, 7) is 2.24. The molecule has 2 N–H and O–H groups in total. The molecule has 0 aliphatic heterocycles. The summed E-state index contributed by atoms with van der Waals surface area (Å²) >= 11 is 0. The van der Waals surface area contributed by atoms with Crippen LogP contribution in [0.15, 0.2) is 36.5 Å². The van der Waals surface area contributed by atoms with Gasteiger partial charge in [0, 0.05) is 6.42 Å². The van der Waals surface area contributed by atoms with Crippen molar-refractivity contribution in [3.8, 4) is 0 Å². The third-order valence-corrected chi connectivity index (χ3v) is 4.92. The summed E-state index contributed by atoms with van der Waals surface area (Å²) in [5, 5.41) is 18.7. The number of hydrogen-bond donors (Lipinski definition) is 2. The predicted octanol–water partition coefficient (Wildman–Crippen LogP) is 6.05. The normalized spacial score (nSPS) is 17.5. The lowest BCUT2D eigenvalue weighted by atomic mass is 9.96. The Balaban J connectivity index is 2.19. The first-order chi connectivity index (χ1) is 12.6. The summed E-state index contributed by atoms with van der Waals surface area (Å²) in [5.41, 5.74) is 0. The quantitative estimate of drug-likeness (QED) is 0.260. The maximum Gasteiger partial charge on any atom is 0.303 e. The number of unbranched alkanes of at least 4 members (excludes halogenated alkanes) is 4. The molecule has 3 heteroatoms. The molecule has 1 saturated carbocycles. The summed E-state index contributed by atoms with van der Waals surface area (Å²) in [5.74, 6) is 0.672. The number of allylic oxidation sites excluding steroid dienone is 4. The average Bonchev–Trinajstić information content (AvgIpc) is 3.44. The average molecular weight is 363 g/mol. The lowest BCUT2D eigenvalue weighted by molar-refractivity contribution is -0.137. The minimum Gasteiger partial charge on any atom is -0.481 e. The van der Waals surface area contributed by atoms with Crippen molar-refractivity contribution in [2.45, 2.75) is 90.1 Å². The fourth-order valence-corrected chi connectivity index (χ4v) is 3.12. The van der Waals surface area contributed by atoms with Crippen molar-refractivity contribution >= 4 is 5.97 Å². The van der Waals surface area contributed by atoms with Gasteiger partial charge in [-0.15, -0.1) is 0 Å². The second-order valence-corrected chi connectivity index (χ2v) is 7.49. The number of rotatable bonds is 16. The van der Waals surface area contributed by atoms with Crippen molar-refractivity contribution in [1.29, 1.82) is 0 Å². The number of hydrogen-bond acceptors (Lipinski definition) is 2.